The minimum Gasteiger partial charge on any atom is -0.488 e. The SMILES string of the molecule is Cc1cccc(CN(C)[C@H]2CCC[C@@H](Oc3cccc(C)c3)[C@@H]2O)c1. The molecule has 2 aromatic rings. The second-order valence-electron chi connectivity index (χ2n) is 7.37. The van der Waals surface area contributed by atoms with Crippen molar-refractivity contribution < 1.29 is 9.84 Å². The number of aliphatic hydroxyl groups is 1. The lowest BCUT2D eigenvalue weighted by Crippen LogP contribution is -2.51. The Labute approximate surface area is 151 Å². The quantitative estimate of drug-likeness (QED) is 0.890. The molecular weight excluding hydrogens is 310 g/mol. The Bertz CT molecular complexity index is 700. The molecule has 1 N–H and O–H groups in total. The summed E-state index contributed by atoms with van der Waals surface area (Å²) in [6.45, 7) is 5.02. The van der Waals surface area contributed by atoms with Crippen molar-refractivity contribution in [1.82, 2.24) is 4.90 Å². The van der Waals surface area contributed by atoms with Gasteiger partial charge in [-0.05, 0) is 63.4 Å². The molecule has 0 amide bonds. The molecule has 1 aliphatic carbocycles. The zero-order chi connectivity index (χ0) is 17.8. The number of hydrogen-bond acceptors (Lipinski definition) is 3. The van der Waals surface area contributed by atoms with Crippen LogP contribution in [0.5, 0.6) is 5.75 Å². The van der Waals surface area contributed by atoms with Crippen LogP contribution in [0.1, 0.15) is 36.0 Å². The van der Waals surface area contributed by atoms with E-state index >= 15 is 0 Å². The molecule has 0 aromatic heterocycles. The fourth-order valence-corrected chi connectivity index (χ4v) is 3.81. The summed E-state index contributed by atoms with van der Waals surface area (Å²) in [4.78, 5) is 2.27. The van der Waals surface area contributed by atoms with Gasteiger partial charge in [-0.15, -0.1) is 0 Å². The normalized spacial score (nSPS) is 23.6. The predicted molar refractivity (Wildman–Crippen MR) is 102 cm³/mol. The Kier molecular flexibility index (Phi) is 5.77. The molecule has 0 heterocycles. The summed E-state index contributed by atoms with van der Waals surface area (Å²) in [6.07, 6.45) is 2.39. The largest absolute Gasteiger partial charge is 0.488 e. The fourth-order valence-electron chi connectivity index (χ4n) is 3.81. The van der Waals surface area contributed by atoms with Crippen LogP contribution in [0, 0.1) is 13.8 Å². The standard InChI is InChI=1S/C22H29NO2/c1-16-7-4-9-18(13-16)15-23(3)20-11-6-12-21(22(20)24)25-19-10-5-8-17(2)14-19/h4-5,7-10,13-14,20-22,24H,6,11-12,15H2,1-3H3/t20-,21+,22+/m0/s1. The van der Waals surface area contributed by atoms with Gasteiger partial charge in [-0.3, -0.25) is 4.90 Å². The first-order valence-corrected chi connectivity index (χ1v) is 9.20. The number of ether oxygens (including phenoxy) is 1. The summed E-state index contributed by atoms with van der Waals surface area (Å²) in [5, 5.41) is 10.9. The molecule has 3 rings (SSSR count). The van der Waals surface area contributed by atoms with Gasteiger partial charge in [0, 0.05) is 12.6 Å². The zero-order valence-electron chi connectivity index (χ0n) is 15.5. The maximum absolute atomic E-state index is 10.9. The van der Waals surface area contributed by atoms with Crippen molar-refractivity contribution in [2.24, 2.45) is 0 Å². The van der Waals surface area contributed by atoms with Gasteiger partial charge in [0.25, 0.3) is 0 Å². The molecule has 0 spiro atoms. The van der Waals surface area contributed by atoms with Gasteiger partial charge >= 0.3 is 0 Å². The Morgan fingerprint density at radius 2 is 1.76 bits per heavy atom. The summed E-state index contributed by atoms with van der Waals surface area (Å²) in [5.74, 6) is 0.853. The van der Waals surface area contributed by atoms with Crippen molar-refractivity contribution in [2.75, 3.05) is 7.05 Å². The number of likely N-dealkylation sites (N-methyl/N-ethyl adjacent to an activating group) is 1. The molecule has 3 nitrogen and oxygen atoms in total. The van der Waals surface area contributed by atoms with Crippen molar-refractivity contribution in [3.8, 4) is 5.75 Å². The van der Waals surface area contributed by atoms with Crippen LogP contribution in [-0.4, -0.2) is 35.3 Å². The zero-order valence-corrected chi connectivity index (χ0v) is 15.5. The number of aliphatic hydroxyl groups excluding tert-OH is 1. The third kappa shape index (κ3) is 4.62. The lowest BCUT2D eigenvalue weighted by molar-refractivity contribution is -0.0491. The minimum absolute atomic E-state index is 0.129. The molecule has 0 saturated heterocycles. The third-order valence-electron chi connectivity index (χ3n) is 5.12. The molecule has 0 unspecified atom stereocenters. The average molecular weight is 339 g/mol. The molecule has 25 heavy (non-hydrogen) atoms. The molecule has 3 atom stereocenters. The molecule has 0 bridgehead atoms. The maximum atomic E-state index is 10.9. The second-order valence-corrected chi connectivity index (χ2v) is 7.37. The van der Waals surface area contributed by atoms with Gasteiger partial charge in [0.15, 0.2) is 0 Å². The molecule has 1 aliphatic rings. The van der Waals surface area contributed by atoms with Crippen LogP contribution in [0.4, 0.5) is 0 Å². The number of aryl methyl sites for hydroxylation is 2. The summed E-state index contributed by atoms with van der Waals surface area (Å²) in [5.41, 5.74) is 3.74. The molecule has 1 fully saturated rings. The van der Waals surface area contributed by atoms with E-state index in [0.717, 1.165) is 31.6 Å². The van der Waals surface area contributed by atoms with Crippen molar-refractivity contribution >= 4 is 0 Å². The Balaban J connectivity index is 1.65. The van der Waals surface area contributed by atoms with Gasteiger partial charge in [-0.1, -0.05) is 42.0 Å². The van der Waals surface area contributed by atoms with Crippen molar-refractivity contribution in [2.45, 2.75) is 57.9 Å². The number of hydrogen-bond donors (Lipinski definition) is 1. The molecule has 3 heteroatoms. The van der Waals surface area contributed by atoms with E-state index in [-0.39, 0.29) is 12.1 Å². The highest BCUT2D eigenvalue weighted by molar-refractivity contribution is 5.28. The number of benzene rings is 2. The summed E-state index contributed by atoms with van der Waals surface area (Å²) in [6, 6.07) is 16.8. The molecule has 134 valence electrons. The first-order chi connectivity index (χ1) is 12.0. The Hall–Kier alpha value is -1.84. The van der Waals surface area contributed by atoms with Crippen LogP contribution in [0.2, 0.25) is 0 Å². The van der Waals surface area contributed by atoms with Gasteiger partial charge in [0.1, 0.15) is 18.0 Å². The topological polar surface area (TPSA) is 32.7 Å². The van der Waals surface area contributed by atoms with Crippen LogP contribution in [-0.2, 0) is 6.54 Å². The van der Waals surface area contributed by atoms with Crippen LogP contribution in [0.3, 0.4) is 0 Å². The first-order valence-electron chi connectivity index (χ1n) is 9.20. The highest BCUT2D eigenvalue weighted by Crippen LogP contribution is 2.28. The number of nitrogens with zero attached hydrogens (tertiary/aromatic N) is 1. The fraction of sp³-hybridized carbons (Fsp3) is 0.455. The smallest absolute Gasteiger partial charge is 0.126 e. The van der Waals surface area contributed by atoms with Gasteiger partial charge in [-0.25, -0.2) is 0 Å². The van der Waals surface area contributed by atoms with Crippen molar-refractivity contribution in [3.63, 3.8) is 0 Å². The average Bonchev–Trinajstić information content (AvgIpc) is 2.57. The Morgan fingerprint density at radius 1 is 1.04 bits per heavy atom. The third-order valence-corrected chi connectivity index (χ3v) is 5.12. The molecule has 0 aliphatic heterocycles. The maximum Gasteiger partial charge on any atom is 0.126 e. The summed E-state index contributed by atoms with van der Waals surface area (Å²) in [7, 11) is 2.10. The van der Waals surface area contributed by atoms with E-state index in [1.54, 1.807) is 0 Å². The van der Waals surface area contributed by atoms with Crippen LogP contribution < -0.4 is 4.74 Å². The second kappa shape index (κ2) is 8.03. The number of rotatable bonds is 5. The highest BCUT2D eigenvalue weighted by atomic mass is 16.5. The molecule has 0 radical (unpaired) electrons. The monoisotopic (exact) mass is 339 g/mol. The minimum atomic E-state index is -0.468. The van der Waals surface area contributed by atoms with Gasteiger partial charge in [0.05, 0.1) is 0 Å². The molecule has 2 aromatic carbocycles. The van der Waals surface area contributed by atoms with Crippen LogP contribution in [0.15, 0.2) is 48.5 Å². The Morgan fingerprint density at radius 3 is 2.48 bits per heavy atom. The van der Waals surface area contributed by atoms with Gasteiger partial charge < -0.3 is 9.84 Å². The van der Waals surface area contributed by atoms with Crippen molar-refractivity contribution in [1.29, 1.82) is 0 Å². The lowest BCUT2D eigenvalue weighted by atomic mass is 9.88. The highest BCUT2D eigenvalue weighted by Gasteiger charge is 2.35. The van der Waals surface area contributed by atoms with E-state index in [1.165, 1.54) is 16.7 Å². The van der Waals surface area contributed by atoms with E-state index in [4.69, 9.17) is 4.74 Å². The molecule has 1 saturated carbocycles. The van der Waals surface area contributed by atoms with E-state index in [9.17, 15) is 5.11 Å². The van der Waals surface area contributed by atoms with E-state index in [0.29, 0.717) is 0 Å². The van der Waals surface area contributed by atoms with Gasteiger partial charge in [0.2, 0.25) is 0 Å². The van der Waals surface area contributed by atoms with E-state index < -0.39 is 6.10 Å². The predicted octanol–water partition coefficient (Wildman–Crippen LogP) is 4.10. The first kappa shape index (κ1) is 18.0. The van der Waals surface area contributed by atoms with E-state index in [1.807, 2.05) is 18.2 Å². The van der Waals surface area contributed by atoms with Crippen LogP contribution in [0.25, 0.3) is 0 Å². The summed E-state index contributed by atoms with van der Waals surface area (Å²) >= 11 is 0. The lowest BCUT2D eigenvalue weighted by Gasteiger charge is -2.39. The summed E-state index contributed by atoms with van der Waals surface area (Å²) < 4.78 is 6.12. The van der Waals surface area contributed by atoms with E-state index in [2.05, 4.69) is 56.1 Å². The van der Waals surface area contributed by atoms with Gasteiger partial charge in [-0.2, -0.15) is 0 Å². The van der Waals surface area contributed by atoms with Crippen LogP contribution >= 0.6 is 0 Å². The molecular formula is C22H29NO2. The van der Waals surface area contributed by atoms with Crippen molar-refractivity contribution in [3.05, 3.63) is 65.2 Å².